The molecule has 0 bridgehead atoms. The second-order valence-electron chi connectivity index (χ2n) is 4.33. The number of aromatic nitrogens is 1. The fraction of sp³-hybridized carbons (Fsp3) is 0.231. The topological polar surface area (TPSA) is 85.7 Å². The molecule has 0 aliphatic heterocycles. The van der Waals surface area contributed by atoms with Crippen molar-refractivity contribution in [1.29, 1.82) is 0 Å². The summed E-state index contributed by atoms with van der Waals surface area (Å²) in [5.74, 6) is 0.453. The van der Waals surface area contributed by atoms with Crippen LogP contribution in [0.2, 0.25) is 0 Å². The number of alkyl halides is 3. The van der Waals surface area contributed by atoms with Crippen LogP contribution in [0, 0.1) is 6.92 Å². The maximum Gasteiger partial charge on any atom is 0.573 e. The molecule has 0 radical (unpaired) electrons. The van der Waals surface area contributed by atoms with Crippen LogP contribution >= 0.6 is 0 Å². The summed E-state index contributed by atoms with van der Waals surface area (Å²) in [6.45, 7) is 1.98. The monoisotopic (exact) mass is 314 g/mol. The normalized spacial score (nSPS) is 12.3. The summed E-state index contributed by atoms with van der Waals surface area (Å²) in [7, 11) is 0. The van der Waals surface area contributed by atoms with Gasteiger partial charge in [0, 0.05) is 11.8 Å². The number of hydrogen-bond acceptors (Lipinski definition) is 4. The molecule has 0 aliphatic rings. The maximum atomic E-state index is 12.0. The molecule has 0 unspecified atom stereocenters. The number of aryl methyl sites for hydroxylation is 1. The third-order valence-corrected chi connectivity index (χ3v) is 2.45. The number of aliphatic imine (C=N–C) groups is 1. The van der Waals surface area contributed by atoms with Gasteiger partial charge in [-0.3, -0.25) is 0 Å². The Morgan fingerprint density at radius 1 is 1.36 bits per heavy atom. The van der Waals surface area contributed by atoms with Crippen LogP contribution in [0.3, 0.4) is 0 Å². The van der Waals surface area contributed by atoms with E-state index >= 15 is 0 Å². The van der Waals surface area contributed by atoms with Gasteiger partial charge in [-0.25, -0.2) is 4.99 Å². The molecule has 22 heavy (non-hydrogen) atoms. The third-order valence-electron chi connectivity index (χ3n) is 2.45. The van der Waals surface area contributed by atoms with Gasteiger partial charge in [-0.2, -0.15) is 0 Å². The zero-order valence-corrected chi connectivity index (χ0v) is 11.5. The lowest BCUT2D eigenvalue weighted by Gasteiger charge is -2.10. The molecule has 0 saturated carbocycles. The molecule has 0 aliphatic carbocycles. The van der Waals surface area contributed by atoms with Gasteiger partial charge in [0.15, 0.2) is 5.96 Å². The van der Waals surface area contributed by atoms with Crippen molar-refractivity contribution in [1.82, 2.24) is 5.16 Å². The minimum absolute atomic E-state index is 0.102. The van der Waals surface area contributed by atoms with Crippen LogP contribution in [0.1, 0.15) is 11.5 Å². The SMILES string of the molecule is Cc1cc(CN=C(N)Nc2ccc(OC(F)(F)F)cc2)no1. The van der Waals surface area contributed by atoms with E-state index in [9.17, 15) is 13.2 Å². The van der Waals surface area contributed by atoms with Gasteiger partial charge in [0.1, 0.15) is 17.2 Å². The Morgan fingerprint density at radius 3 is 2.59 bits per heavy atom. The number of anilines is 1. The van der Waals surface area contributed by atoms with E-state index in [1.165, 1.54) is 24.3 Å². The molecule has 118 valence electrons. The van der Waals surface area contributed by atoms with E-state index in [0.717, 1.165) is 0 Å². The molecule has 2 aromatic rings. The molecular weight excluding hydrogens is 301 g/mol. The van der Waals surface area contributed by atoms with Crippen LogP contribution in [0.5, 0.6) is 5.75 Å². The van der Waals surface area contributed by atoms with Crippen molar-refractivity contribution in [3.05, 3.63) is 41.8 Å². The van der Waals surface area contributed by atoms with Crippen molar-refractivity contribution in [3.8, 4) is 5.75 Å². The lowest BCUT2D eigenvalue weighted by molar-refractivity contribution is -0.274. The van der Waals surface area contributed by atoms with E-state index in [1.807, 2.05) is 0 Å². The number of hydrogen-bond donors (Lipinski definition) is 2. The molecule has 1 aromatic carbocycles. The Morgan fingerprint density at radius 2 is 2.05 bits per heavy atom. The first-order valence-corrected chi connectivity index (χ1v) is 6.17. The summed E-state index contributed by atoms with van der Waals surface area (Å²) < 4.78 is 44.7. The van der Waals surface area contributed by atoms with Crippen molar-refractivity contribution in [2.24, 2.45) is 10.7 Å². The smallest absolute Gasteiger partial charge is 0.406 e. The molecule has 2 rings (SSSR count). The maximum absolute atomic E-state index is 12.0. The molecule has 1 aromatic heterocycles. The molecule has 9 heteroatoms. The minimum Gasteiger partial charge on any atom is -0.406 e. The molecule has 0 spiro atoms. The first-order chi connectivity index (χ1) is 10.3. The van der Waals surface area contributed by atoms with Crippen LogP contribution < -0.4 is 15.8 Å². The Balaban J connectivity index is 1.92. The Hall–Kier alpha value is -2.71. The molecular formula is C13H13F3N4O2. The van der Waals surface area contributed by atoms with Gasteiger partial charge in [0.25, 0.3) is 0 Å². The number of nitrogens with one attached hydrogen (secondary N) is 1. The predicted octanol–water partition coefficient (Wildman–Crippen LogP) is 2.81. The highest BCUT2D eigenvalue weighted by Gasteiger charge is 2.30. The zero-order chi connectivity index (χ0) is 16.2. The first-order valence-electron chi connectivity index (χ1n) is 6.17. The van der Waals surface area contributed by atoms with Gasteiger partial charge >= 0.3 is 6.36 Å². The largest absolute Gasteiger partial charge is 0.573 e. The van der Waals surface area contributed by atoms with Gasteiger partial charge < -0.3 is 20.3 Å². The van der Waals surface area contributed by atoms with Crippen LogP contribution in [-0.4, -0.2) is 17.5 Å². The average Bonchev–Trinajstić information content (AvgIpc) is 2.83. The number of rotatable bonds is 4. The van der Waals surface area contributed by atoms with Crippen molar-refractivity contribution in [2.45, 2.75) is 19.8 Å². The van der Waals surface area contributed by atoms with Crippen LogP contribution in [0.15, 0.2) is 39.8 Å². The molecule has 0 atom stereocenters. The minimum atomic E-state index is -4.72. The first kappa shape index (κ1) is 15.7. The Kier molecular flexibility index (Phi) is 4.54. The summed E-state index contributed by atoms with van der Waals surface area (Å²) in [6.07, 6.45) is -4.72. The summed E-state index contributed by atoms with van der Waals surface area (Å²) in [6, 6.07) is 6.85. The Bertz CT molecular complexity index is 650. The summed E-state index contributed by atoms with van der Waals surface area (Å²) in [5, 5.41) is 6.49. The van der Waals surface area contributed by atoms with Gasteiger partial charge in [-0.15, -0.1) is 13.2 Å². The van der Waals surface area contributed by atoms with E-state index in [0.29, 0.717) is 17.1 Å². The highest BCUT2D eigenvalue weighted by molar-refractivity contribution is 5.92. The number of guanidine groups is 1. The average molecular weight is 314 g/mol. The fourth-order valence-electron chi connectivity index (χ4n) is 1.59. The number of nitrogens with zero attached hydrogens (tertiary/aromatic N) is 2. The van der Waals surface area contributed by atoms with Crippen LogP contribution in [0.4, 0.5) is 18.9 Å². The van der Waals surface area contributed by atoms with Crippen LogP contribution in [0.25, 0.3) is 0 Å². The molecule has 1 heterocycles. The number of nitrogens with two attached hydrogens (primary N) is 1. The van der Waals surface area contributed by atoms with Crippen molar-refractivity contribution >= 4 is 11.6 Å². The van der Waals surface area contributed by atoms with Gasteiger partial charge in [0.2, 0.25) is 0 Å². The van der Waals surface area contributed by atoms with E-state index in [-0.39, 0.29) is 18.3 Å². The van der Waals surface area contributed by atoms with Crippen molar-refractivity contribution < 1.29 is 22.4 Å². The fourth-order valence-corrected chi connectivity index (χ4v) is 1.59. The standard InChI is InChI=1S/C13H13F3N4O2/c1-8-6-10(20-22-8)7-18-12(17)19-9-2-4-11(5-3-9)21-13(14,15)16/h2-6H,7H2,1H3,(H3,17,18,19). The number of ether oxygens (including phenoxy) is 1. The molecule has 0 fully saturated rings. The summed E-state index contributed by atoms with van der Waals surface area (Å²) in [5.41, 5.74) is 6.77. The third kappa shape index (κ3) is 5.00. The van der Waals surface area contributed by atoms with Gasteiger partial charge in [-0.05, 0) is 31.2 Å². The molecule has 0 saturated heterocycles. The number of benzene rings is 1. The van der Waals surface area contributed by atoms with Crippen molar-refractivity contribution in [3.63, 3.8) is 0 Å². The quantitative estimate of drug-likeness (QED) is 0.669. The van der Waals surface area contributed by atoms with E-state index < -0.39 is 6.36 Å². The summed E-state index contributed by atoms with van der Waals surface area (Å²) in [4.78, 5) is 4.03. The van der Waals surface area contributed by atoms with Gasteiger partial charge in [-0.1, -0.05) is 5.16 Å². The highest BCUT2D eigenvalue weighted by atomic mass is 19.4. The predicted molar refractivity (Wildman–Crippen MR) is 73.3 cm³/mol. The van der Waals surface area contributed by atoms with Crippen LogP contribution in [-0.2, 0) is 6.54 Å². The molecule has 0 amide bonds. The molecule has 6 nitrogen and oxygen atoms in total. The highest BCUT2D eigenvalue weighted by Crippen LogP contribution is 2.23. The second-order valence-corrected chi connectivity index (χ2v) is 4.33. The lowest BCUT2D eigenvalue weighted by Crippen LogP contribution is -2.22. The van der Waals surface area contributed by atoms with E-state index in [1.54, 1.807) is 13.0 Å². The number of halogens is 3. The zero-order valence-electron chi connectivity index (χ0n) is 11.5. The van der Waals surface area contributed by atoms with E-state index in [2.05, 4.69) is 20.2 Å². The Labute approximate surface area is 123 Å². The molecule has 3 N–H and O–H groups in total. The van der Waals surface area contributed by atoms with E-state index in [4.69, 9.17) is 10.3 Å². The summed E-state index contributed by atoms with van der Waals surface area (Å²) >= 11 is 0. The lowest BCUT2D eigenvalue weighted by atomic mass is 10.3. The van der Waals surface area contributed by atoms with Gasteiger partial charge in [0.05, 0.1) is 6.54 Å². The van der Waals surface area contributed by atoms with Crippen molar-refractivity contribution in [2.75, 3.05) is 5.32 Å². The second kappa shape index (κ2) is 6.37.